The number of esters is 1. The van der Waals surface area contributed by atoms with E-state index in [0.29, 0.717) is 25.8 Å². The first-order valence-electron chi connectivity index (χ1n) is 9.41. The minimum atomic E-state index is -4.60. The highest BCUT2D eigenvalue weighted by atomic mass is 19.4. The van der Waals surface area contributed by atoms with E-state index < -0.39 is 23.1 Å². The van der Waals surface area contributed by atoms with Gasteiger partial charge in [-0.3, -0.25) is 9.59 Å². The van der Waals surface area contributed by atoms with Crippen molar-refractivity contribution in [1.29, 1.82) is 0 Å². The molecule has 2 saturated heterocycles. The largest absolute Gasteiger partial charge is 0.460 e. The summed E-state index contributed by atoms with van der Waals surface area (Å²) in [6.07, 6.45) is 1.51. The number of benzene rings is 1. The number of aromatic nitrogens is 2. The number of hydrogen-bond donors (Lipinski definition) is 0. The van der Waals surface area contributed by atoms with E-state index in [1.165, 1.54) is 23.1 Å². The van der Waals surface area contributed by atoms with E-state index in [2.05, 4.69) is 4.98 Å². The van der Waals surface area contributed by atoms with Crippen LogP contribution in [0.15, 0.2) is 43.0 Å². The van der Waals surface area contributed by atoms with Gasteiger partial charge in [-0.2, -0.15) is 13.2 Å². The lowest BCUT2D eigenvalue weighted by Gasteiger charge is -2.36. The molecule has 6 nitrogen and oxygen atoms in total. The van der Waals surface area contributed by atoms with Crippen LogP contribution >= 0.6 is 0 Å². The summed E-state index contributed by atoms with van der Waals surface area (Å²) in [6, 6.07) is 4.79. The molecule has 1 spiro atoms. The molecule has 1 aromatic carbocycles. The van der Waals surface area contributed by atoms with Gasteiger partial charge in [-0.05, 0) is 25.0 Å². The molecule has 4 rings (SSSR count). The first kappa shape index (κ1) is 19.5. The average Bonchev–Trinajstić information content (AvgIpc) is 3.30. The number of alkyl halides is 3. The lowest BCUT2D eigenvalue weighted by molar-refractivity contribution is -0.150. The minimum absolute atomic E-state index is 0.220. The number of ether oxygens (including phenoxy) is 1. The van der Waals surface area contributed by atoms with Gasteiger partial charge < -0.3 is 14.2 Å². The third kappa shape index (κ3) is 3.73. The van der Waals surface area contributed by atoms with Crippen LogP contribution in [0.25, 0.3) is 0 Å². The summed E-state index contributed by atoms with van der Waals surface area (Å²) in [4.78, 5) is 30.6. The molecule has 2 aromatic rings. The molecular formula is C20H20F3N3O3. The van der Waals surface area contributed by atoms with Gasteiger partial charge in [-0.15, -0.1) is 0 Å². The molecule has 29 heavy (non-hydrogen) atoms. The normalized spacial score (nSPS) is 21.4. The Labute approximate surface area is 165 Å². The van der Waals surface area contributed by atoms with Gasteiger partial charge in [0.2, 0.25) is 0 Å². The van der Waals surface area contributed by atoms with Gasteiger partial charge in [-0.25, -0.2) is 4.98 Å². The maximum absolute atomic E-state index is 13.2. The Bertz CT molecular complexity index is 903. The SMILES string of the molecule is O=C(c1ccccc1C(F)(F)F)N1CCC2(CC1)CC(Cn1ccnc1)OC2=O. The Kier molecular flexibility index (Phi) is 4.84. The molecule has 2 fully saturated rings. The molecule has 0 radical (unpaired) electrons. The second-order valence-corrected chi connectivity index (χ2v) is 7.61. The highest BCUT2D eigenvalue weighted by Gasteiger charge is 2.51. The van der Waals surface area contributed by atoms with Crippen LogP contribution in [0.5, 0.6) is 0 Å². The standard InChI is InChI=1S/C20H20F3N3O3/c21-20(22,23)16-4-2-1-3-15(16)17(27)26-8-5-19(6-9-26)11-14(29-18(19)28)12-25-10-7-24-13-25/h1-4,7,10,13-14H,5-6,8-9,11-12H2. The van der Waals surface area contributed by atoms with Crippen molar-refractivity contribution in [3.63, 3.8) is 0 Å². The summed E-state index contributed by atoms with van der Waals surface area (Å²) < 4.78 is 47.1. The lowest BCUT2D eigenvalue weighted by Crippen LogP contribution is -2.45. The summed E-state index contributed by atoms with van der Waals surface area (Å²) in [5, 5.41) is 0. The number of carbonyl (C=O) groups is 2. The molecule has 0 N–H and O–H groups in total. The Morgan fingerprint density at radius 3 is 2.62 bits per heavy atom. The van der Waals surface area contributed by atoms with Crippen molar-refractivity contribution in [2.45, 2.75) is 38.1 Å². The van der Waals surface area contributed by atoms with Crippen LogP contribution in [0.1, 0.15) is 35.2 Å². The van der Waals surface area contributed by atoms with Gasteiger partial charge >= 0.3 is 12.1 Å². The van der Waals surface area contributed by atoms with Gasteiger partial charge in [0.1, 0.15) is 6.10 Å². The average molecular weight is 407 g/mol. The van der Waals surface area contributed by atoms with Gasteiger partial charge in [0.25, 0.3) is 5.91 Å². The van der Waals surface area contributed by atoms with Crippen LogP contribution in [0.2, 0.25) is 0 Å². The topological polar surface area (TPSA) is 64.4 Å². The van der Waals surface area contributed by atoms with Crippen LogP contribution in [0.4, 0.5) is 13.2 Å². The second-order valence-electron chi connectivity index (χ2n) is 7.61. The Morgan fingerprint density at radius 1 is 1.24 bits per heavy atom. The third-order valence-electron chi connectivity index (χ3n) is 5.77. The summed E-state index contributed by atoms with van der Waals surface area (Å²) >= 11 is 0. The third-order valence-corrected chi connectivity index (χ3v) is 5.77. The summed E-state index contributed by atoms with van der Waals surface area (Å²) in [5.41, 5.74) is -1.97. The number of nitrogens with zero attached hydrogens (tertiary/aromatic N) is 3. The van der Waals surface area contributed by atoms with Crippen molar-refractivity contribution >= 4 is 11.9 Å². The van der Waals surface area contributed by atoms with E-state index in [1.807, 2.05) is 4.57 Å². The van der Waals surface area contributed by atoms with Crippen molar-refractivity contribution in [2.75, 3.05) is 13.1 Å². The second kappa shape index (κ2) is 7.20. The fraction of sp³-hybridized carbons (Fsp3) is 0.450. The molecular weight excluding hydrogens is 387 g/mol. The quantitative estimate of drug-likeness (QED) is 0.734. The highest BCUT2D eigenvalue weighted by Crippen LogP contribution is 2.44. The van der Waals surface area contributed by atoms with Crippen LogP contribution in [-0.4, -0.2) is 45.5 Å². The van der Waals surface area contributed by atoms with Crippen LogP contribution in [0.3, 0.4) is 0 Å². The van der Waals surface area contributed by atoms with Gasteiger partial charge in [0.05, 0.1) is 29.4 Å². The number of cyclic esters (lactones) is 1. The fourth-order valence-electron chi connectivity index (χ4n) is 4.20. The van der Waals surface area contributed by atoms with Crippen molar-refractivity contribution in [1.82, 2.24) is 14.5 Å². The molecule has 2 aliphatic heterocycles. The lowest BCUT2D eigenvalue weighted by atomic mass is 9.76. The molecule has 1 aromatic heterocycles. The first-order valence-corrected chi connectivity index (χ1v) is 9.41. The zero-order chi connectivity index (χ0) is 20.6. The molecule has 9 heteroatoms. The molecule has 0 aliphatic carbocycles. The molecule has 154 valence electrons. The molecule has 0 saturated carbocycles. The van der Waals surface area contributed by atoms with Crippen molar-refractivity contribution in [3.8, 4) is 0 Å². The van der Waals surface area contributed by atoms with E-state index in [4.69, 9.17) is 4.74 Å². The maximum atomic E-state index is 13.2. The smallest absolute Gasteiger partial charge is 0.417 e. The number of likely N-dealkylation sites (tertiary alicyclic amines) is 1. The van der Waals surface area contributed by atoms with Crippen molar-refractivity contribution < 1.29 is 27.5 Å². The molecule has 1 unspecified atom stereocenters. The predicted octanol–water partition coefficient (Wildman–Crippen LogP) is 3.14. The maximum Gasteiger partial charge on any atom is 0.417 e. The summed E-state index contributed by atoms with van der Waals surface area (Å²) in [7, 11) is 0. The number of piperidine rings is 1. The zero-order valence-electron chi connectivity index (χ0n) is 15.6. The van der Waals surface area contributed by atoms with Gasteiger partial charge in [-0.1, -0.05) is 12.1 Å². The van der Waals surface area contributed by atoms with Gasteiger partial charge in [0, 0.05) is 31.9 Å². The summed E-state index contributed by atoms with van der Waals surface area (Å²) in [6.45, 7) is 0.949. The number of rotatable bonds is 3. The molecule has 1 amide bonds. The van der Waals surface area contributed by atoms with Gasteiger partial charge in [0.15, 0.2) is 0 Å². The zero-order valence-corrected chi connectivity index (χ0v) is 15.6. The Balaban J connectivity index is 1.43. The van der Waals surface area contributed by atoms with Crippen LogP contribution in [-0.2, 0) is 22.3 Å². The first-order chi connectivity index (χ1) is 13.8. The Morgan fingerprint density at radius 2 is 1.97 bits per heavy atom. The molecule has 2 aliphatic rings. The van der Waals surface area contributed by atoms with E-state index in [-0.39, 0.29) is 30.7 Å². The Hall–Kier alpha value is -2.84. The number of halogens is 3. The van der Waals surface area contributed by atoms with E-state index in [0.717, 1.165) is 6.07 Å². The van der Waals surface area contributed by atoms with E-state index in [9.17, 15) is 22.8 Å². The molecule has 1 atom stereocenters. The monoisotopic (exact) mass is 407 g/mol. The van der Waals surface area contributed by atoms with E-state index >= 15 is 0 Å². The predicted molar refractivity (Wildman–Crippen MR) is 95.7 cm³/mol. The number of amides is 1. The number of imidazole rings is 1. The fourth-order valence-corrected chi connectivity index (χ4v) is 4.20. The minimum Gasteiger partial charge on any atom is -0.460 e. The molecule has 0 bridgehead atoms. The number of carbonyl (C=O) groups excluding carboxylic acids is 2. The van der Waals surface area contributed by atoms with Crippen LogP contribution in [0, 0.1) is 5.41 Å². The van der Waals surface area contributed by atoms with Crippen LogP contribution < -0.4 is 0 Å². The number of hydrogen-bond acceptors (Lipinski definition) is 4. The van der Waals surface area contributed by atoms with Crippen molar-refractivity contribution in [3.05, 3.63) is 54.1 Å². The summed E-state index contributed by atoms with van der Waals surface area (Å²) in [5.74, 6) is -0.945. The molecule has 3 heterocycles. The van der Waals surface area contributed by atoms with Crippen molar-refractivity contribution in [2.24, 2.45) is 5.41 Å². The van der Waals surface area contributed by atoms with E-state index in [1.54, 1.807) is 18.7 Å². The highest BCUT2D eigenvalue weighted by molar-refractivity contribution is 5.96.